The van der Waals surface area contributed by atoms with Crippen LogP contribution in [0.25, 0.3) is 0 Å². The molecule has 2 saturated heterocycles. The molecule has 0 aliphatic carbocycles. The van der Waals surface area contributed by atoms with E-state index >= 15 is 0 Å². The fraction of sp³-hybridized carbons (Fsp3) is 0.474. The van der Waals surface area contributed by atoms with E-state index in [1.807, 2.05) is 12.3 Å². The largest absolute Gasteiger partial charge is 0.354 e. The highest BCUT2D eigenvalue weighted by Gasteiger charge is 2.21. The summed E-state index contributed by atoms with van der Waals surface area (Å²) in [6.07, 6.45) is 4.25. The molecule has 7 heteroatoms. The lowest BCUT2D eigenvalue weighted by Gasteiger charge is -2.35. The first-order valence-corrected chi connectivity index (χ1v) is 9.18. The third-order valence-corrected chi connectivity index (χ3v) is 5.10. The summed E-state index contributed by atoms with van der Waals surface area (Å²) in [6, 6.07) is 6.10. The Labute approximate surface area is 152 Å². The summed E-state index contributed by atoms with van der Waals surface area (Å²) in [5.74, 6) is 0.214. The van der Waals surface area contributed by atoms with E-state index in [1.54, 1.807) is 6.07 Å². The second kappa shape index (κ2) is 7.53. The number of halogens is 2. The van der Waals surface area contributed by atoms with Crippen LogP contribution in [-0.4, -0.2) is 54.1 Å². The van der Waals surface area contributed by atoms with Gasteiger partial charge in [0.05, 0.1) is 0 Å². The maximum Gasteiger partial charge on any atom is 0.227 e. The van der Waals surface area contributed by atoms with Crippen LogP contribution in [0.4, 0.5) is 20.5 Å². The number of piperazine rings is 1. The molecule has 2 aliphatic rings. The van der Waals surface area contributed by atoms with Gasteiger partial charge in [0.15, 0.2) is 11.6 Å². The van der Waals surface area contributed by atoms with Crippen LogP contribution < -0.4 is 9.80 Å². The van der Waals surface area contributed by atoms with Gasteiger partial charge in [0, 0.05) is 52.0 Å². The normalized spacial score (nSPS) is 18.5. The fourth-order valence-corrected chi connectivity index (χ4v) is 3.62. The number of hydrogen-bond donors (Lipinski definition) is 0. The smallest absolute Gasteiger partial charge is 0.227 e. The fourth-order valence-electron chi connectivity index (χ4n) is 3.62. The van der Waals surface area contributed by atoms with Crippen molar-refractivity contribution >= 4 is 11.8 Å². The van der Waals surface area contributed by atoms with Gasteiger partial charge in [-0.3, -0.25) is 4.90 Å². The summed E-state index contributed by atoms with van der Waals surface area (Å²) in [7, 11) is 0. The number of anilines is 2. The zero-order chi connectivity index (χ0) is 17.9. The van der Waals surface area contributed by atoms with Gasteiger partial charge in [-0.2, -0.15) is 4.98 Å². The molecular formula is C19H23F2N5. The lowest BCUT2D eigenvalue weighted by atomic mass is 10.2. The average molecular weight is 359 g/mol. The summed E-state index contributed by atoms with van der Waals surface area (Å²) in [6.45, 7) is 6.15. The van der Waals surface area contributed by atoms with Crippen molar-refractivity contribution in [3.05, 3.63) is 47.7 Å². The van der Waals surface area contributed by atoms with E-state index in [9.17, 15) is 8.78 Å². The first-order chi connectivity index (χ1) is 12.7. The average Bonchev–Trinajstić information content (AvgIpc) is 3.20. The van der Waals surface area contributed by atoms with Crippen molar-refractivity contribution in [3.8, 4) is 0 Å². The summed E-state index contributed by atoms with van der Waals surface area (Å²) < 4.78 is 26.4. The Balaban J connectivity index is 1.36. The SMILES string of the molecule is Fc1ccc(CN2CCN(c3ccnc(N4CCCC4)n3)CC2)cc1F. The Morgan fingerprint density at radius 1 is 0.846 bits per heavy atom. The first kappa shape index (κ1) is 17.1. The van der Waals surface area contributed by atoms with E-state index < -0.39 is 11.6 Å². The van der Waals surface area contributed by atoms with Crippen molar-refractivity contribution in [2.75, 3.05) is 49.1 Å². The number of rotatable bonds is 4. The Kier molecular flexibility index (Phi) is 4.97. The van der Waals surface area contributed by atoms with Crippen molar-refractivity contribution in [2.45, 2.75) is 19.4 Å². The molecule has 3 heterocycles. The molecule has 0 unspecified atom stereocenters. The minimum Gasteiger partial charge on any atom is -0.354 e. The van der Waals surface area contributed by atoms with Crippen LogP contribution in [0, 0.1) is 11.6 Å². The molecule has 0 radical (unpaired) electrons. The quantitative estimate of drug-likeness (QED) is 0.839. The molecule has 0 spiro atoms. The molecular weight excluding hydrogens is 336 g/mol. The molecule has 5 nitrogen and oxygen atoms in total. The molecule has 4 rings (SSSR count). The third kappa shape index (κ3) is 3.77. The van der Waals surface area contributed by atoms with Gasteiger partial charge in [0.25, 0.3) is 0 Å². The molecule has 1 aromatic heterocycles. The molecule has 138 valence electrons. The van der Waals surface area contributed by atoms with E-state index in [-0.39, 0.29) is 0 Å². The van der Waals surface area contributed by atoms with E-state index in [2.05, 4.69) is 19.7 Å². The van der Waals surface area contributed by atoms with Crippen LogP contribution in [0.5, 0.6) is 0 Å². The molecule has 0 amide bonds. The number of nitrogens with zero attached hydrogens (tertiary/aromatic N) is 5. The molecule has 2 fully saturated rings. The molecule has 0 bridgehead atoms. The van der Waals surface area contributed by atoms with Crippen LogP contribution in [0.2, 0.25) is 0 Å². The predicted molar refractivity (Wildman–Crippen MR) is 97.3 cm³/mol. The molecule has 0 atom stereocenters. The van der Waals surface area contributed by atoms with Crippen molar-refractivity contribution < 1.29 is 8.78 Å². The molecule has 2 aromatic rings. The van der Waals surface area contributed by atoms with Crippen molar-refractivity contribution in [2.24, 2.45) is 0 Å². The number of aromatic nitrogens is 2. The van der Waals surface area contributed by atoms with Gasteiger partial charge in [-0.05, 0) is 36.6 Å². The maximum absolute atomic E-state index is 13.4. The number of hydrogen-bond acceptors (Lipinski definition) is 5. The topological polar surface area (TPSA) is 35.5 Å². The lowest BCUT2D eigenvalue weighted by molar-refractivity contribution is 0.249. The molecule has 0 saturated carbocycles. The predicted octanol–water partition coefficient (Wildman–Crippen LogP) is 2.68. The zero-order valence-electron chi connectivity index (χ0n) is 14.7. The minimum atomic E-state index is -0.795. The minimum absolute atomic E-state index is 0.633. The Morgan fingerprint density at radius 3 is 2.35 bits per heavy atom. The van der Waals surface area contributed by atoms with Gasteiger partial charge in [0.2, 0.25) is 5.95 Å². The highest BCUT2D eigenvalue weighted by Crippen LogP contribution is 2.20. The van der Waals surface area contributed by atoms with Crippen LogP contribution in [-0.2, 0) is 6.54 Å². The summed E-state index contributed by atoms with van der Waals surface area (Å²) in [4.78, 5) is 15.9. The van der Waals surface area contributed by atoms with Gasteiger partial charge < -0.3 is 9.80 Å². The van der Waals surface area contributed by atoms with Gasteiger partial charge in [-0.25, -0.2) is 13.8 Å². The first-order valence-electron chi connectivity index (χ1n) is 9.18. The highest BCUT2D eigenvalue weighted by atomic mass is 19.2. The van der Waals surface area contributed by atoms with Crippen molar-refractivity contribution in [1.82, 2.24) is 14.9 Å². The van der Waals surface area contributed by atoms with E-state index in [4.69, 9.17) is 4.98 Å². The van der Waals surface area contributed by atoms with Crippen molar-refractivity contribution in [1.29, 1.82) is 0 Å². The molecule has 1 aromatic carbocycles. The standard InChI is InChI=1S/C19H23F2N5/c20-16-4-3-15(13-17(16)21)14-24-9-11-25(12-10-24)18-5-6-22-19(23-18)26-7-1-2-8-26/h3-6,13H,1-2,7-12,14H2. The van der Waals surface area contributed by atoms with Crippen LogP contribution >= 0.6 is 0 Å². The lowest BCUT2D eigenvalue weighted by Crippen LogP contribution is -2.46. The summed E-state index contributed by atoms with van der Waals surface area (Å²) in [5, 5.41) is 0. The molecule has 2 aliphatic heterocycles. The molecule has 26 heavy (non-hydrogen) atoms. The zero-order valence-corrected chi connectivity index (χ0v) is 14.7. The number of benzene rings is 1. The van der Waals surface area contributed by atoms with Gasteiger partial charge >= 0.3 is 0 Å². The second-order valence-corrected chi connectivity index (χ2v) is 6.92. The van der Waals surface area contributed by atoms with E-state index in [0.717, 1.165) is 56.6 Å². The van der Waals surface area contributed by atoms with Crippen LogP contribution in [0.3, 0.4) is 0 Å². The van der Waals surface area contributed by atoms with Gasteiger partial charge in [-0.1, -0.05) is 6.07 Å². The van der Waals surface area contributed by atoms with Gasteiger partial charge in [0.1, 0.15) is 5.82 Å². The van der Waals surface area contributed by atoms with E-state index in [0.29, 0.717) is 6.54 Å². The Hall–Kier alpha value is -2.28. The van der Waals surface area contributed by atoms with Crippen LogP contribution in [0.1, 0.15) is 18.4 Å². The third-order valence-electron chi connectivity index (χ3n) is 5.10. The monoisotopic (exact) mass is 359 g/mol. The van der Waals surface area contributed by atoms with Crippen LogP contribution in [0.15, 0.2) is 30.5 Å². The maximum atomic E-state index is 13.4. The Morgan fingerprint density at radius 2 is 1.62 bits per heavy atom. The summed E-state index contributed by atoms with van der Waals surface area (Å²) in [5.41, 5.74) is 0.802. The Bertz CT molecular complexity index is 755. The highest BCUT2D eigenvalue weighted by molar-refractivity contribution is 5.44. The molecule has 0 N–H and O–H groups in total. The summed E-state index contributed by atoms with van der Waals surface area (Å²) >= 11 is 0. The van der Waals surface area contributed by atoms with Gasteiger partial charge in [-0.15, -0.1) is 0 Å². The van der Waals surface area contributed by atoms with Crippen molar-refractivity contribution in [3.63, 3.8) is 0 Å². The second-order valence-electron chi connectivity index (χ2n) is 6.92. The van der Waals surface area contributed by atoms with E-state index in [1.165, 1.54) is 25.0 Å².